The molecule has 2 aromatic heterocycles. The Morgan fingerprint density at radius 1 is 1.29 bits per heavy atom. The molecule has 4 rings (SSSR count). The Morgan fingerprint density at radius 2 is 2.00 bits per heavy atom. The molecule has 2 aromatic rings. The number of fused-ring (bicyclic) bond motifs is 1. The summed E-state index contributed by atoms with van der Waals surface area (Å²) in [4.78, 5) is 39.2. The van der Waals surface area contributed by atoms with Crippen LogP contribution in [0.2, 0.25) is 0 Å². The number of nitrogens with zero attached hydrogens (tertiary/aromatic N) is 4. The van der Waals surface area contributed by atoms with Crippen LogP contribution in [0.25, 0.3) is 11.7 Å². The molecular weight excluding hydrogens is 455 g/mol. The molecule has 1 aliphatic heterocycles. The first-order valence-corrected chi connectivity index (χ1v) is 11.2. The van der Waals surface area contributed by atoms with Crippen LogP contribution in [0.3, 0.4) is 0 Å². The van der Waals surface area contributed by atoms with Crippen molar-refractivity contribution in [3.05, 3.63) is 33.8 Å². The molecule has 1 atom stereocenters. The first-order chi connectivity index (χ1) is 16.0. The average molecular weight is 481 g/mol. The third kappa shape index (κ3) is 4.66. The third-order valence-electron chi connectivity index (χ3n) is 5.97. The summed E-state index contributed by atoms with van der Waals surface area (Å²) in [7, 11) is 0. The number of alkyl halides is 3. The van der Waals surface area contributed by atoms with Crippen LogP contribution >= 0.6 is 0 Å². The monoisotopic (exact) mass is 481 g/mol. The van der Waals surface area contributed by atoms with Crippen molar-refractivity contribution >= 4 is 23.5 Å². The molecule has 2 aliphatic rings. The summed E-state index contributed by atoms with van der Waals surface area (Å²) in [6.07, 6.45) is 0.904. The van der Waals surface area contributed by atoms with E-state index >= 15 is 0 Å². The van der Waals surface area contributed by atoms with Gasteiger partial charge in [0.2, 0.25) is 11.8 Å². The van der Waals surface area contributed by atoms with Crippen LogP contribution in [0.15, 0.2) is 17.1 Å². The molecule has 0 spiro atoms. The largest absolute Gasteiger partial charge is 0.494 e. The lowest BCUT2D eigenvalue weighted by atomic mass is 10.1. The Balaban J connectivity index is 1.68. The summed E-state index contributed by atoms with van der Waals surface area (Å²) in [5.41, 5.74) is -0.728. The molecule has 2 amide bonds. The molecule has 9 nitrogen and oxygen atoms in total. The highest BCUT2D eigenvalue weighted by Crippen LogP contribution is 2.33. The van der Waals surface area contributed by atoms with Crippen molar-refractivity contribution < 1.29 is 27.9 Å². The number of amides is 2. The maximum absolute atomic E-state index is 13.0. The van der Waals surface area contributed by atoms with Crippen LogP contribution in [-0.2, 0) is 11.3 Å². The molecule has 0 bridgehead atoms. The summed E-state index contributed by atoms with van der Waals surface area (Å²) in [5.74, 6) is -3.30. The summed E-state index contributed by atoms with van der Waals surface area (Å²) in [6.45, 7) is 3.62. The van der Waals surface area contributed by atoms with Crippen LogP contribution in [-0.4, -0.2) is 61.3 Å². The number of likely N-dealkylation sites (tertiary alicyclic amines) is 1. The van der Waals surface area contributed by atoms with Crippen molar-refractivity contribution in [3.8, 4) is 5.88 Å². The number of halogens is 3. The lowest BCUT2D eigenvalue weighted by Gasteiger charge is -2.17. The standard InChI is InChI=1S/C22H26F3N5O4/c1-12(2)10-29-19-13(3-6-16(31)28-8-7-14(11-28)22(23,24)25)9-26-30(19)21(34)17(20(29)33)18(32)27-15-4-5-15/h3,6,9,12,14-15,33H,4-5,7-8,10-11H2,1-2H3,(H,27,32)/b6-3+. The lowest BCUT2D eigenvalue weighted by molar-refractivity contribution is -0.170. The van der Waals surface area contributed by atoms with Gasteiger partial charge in [0, 0.05) is 37.3 Å². The van der Waals surface area contributed by atoms with E-state index in [0.29, 0.717) is 5.56 Å². The molecule has 34 heavy (non-hydrogen) atoms. The number of aromatic nitrogens is 3. The molecule has 0 radical (unpaired) electrons. The number of hydrogen-bond acceptors (Lipinski definition) is 5. The molecule has 3 heterocycles. The van der Waals surface area contributed by atoms with Crippen molar-refractivity contribution in [2.45, 2.75) is 51.9 Å². The Hall–Kier alpha value is -3.31. The van der Waals surface area contributed by atoms with E-state index in [4.69, 9.17) is 0 Å². The molecule has 1 unspecified atom stereocenters. The smallest absolute Gasteiger partial charge is 0.393 e. The van der Waals surface area contributed by atoms with Crippen molar-refractivity contribution in [2.75, 3.05) is 13.1 Å². The van der Waals surface area contributed by atoms with E-state index in [9.17, 15) is 32.7 Å². The van der Waals surface area contributed by atoms with Gasteiger partial charge in [-0.25, -0.2) is 0 Å². The van der Waals surface area contributed by atoms with Crippen LogP contribution in [0, 0.1) is 11.8 Å². The van der Waals surface area contributed by atoms with Crippen molar-refractivity contribution in [2.24, 2.45) is 11.8 Å². The molecule has 184 valence electrons. The van der Waals surface area contributed by atoms with Gasteiger partial charge < -0.3 is 15.3 Å². The highest BCUT2D eigenvalue weighted by atomic mass is 19.4. The molecule has 0 aromatic carbocycles. The molecule has 2 N–H and O–H groups in total. The van der Waals surface area contributed by atoms with Crippen molar-refractivity contribution in [3.63, 3.8) is 0 Å². The van der Waals surface area contributed by atoms with Crippen LogP contribution in [0.5, 0.6) is 5.88 Å². The minimum atomic E-state index is -4.35. The summed E-state index contributed by atoms with van der Waals surface area (Å²) in [5, 5.41) is 17.6. The van der Waals surface area contributed by atoms with Gasteiger partial charge in [0.05, 0.1) is 12.1 Å². The van der Waals surface area contributed by atoms with E-state index in [1.165, 1.54) is 16.8 Å². The second-order valence-corrected chi connectivity index (χ2v) is 9.24. The van der Waals surface area contributed by atoms with Crippen molar-refractivity contribution in [1.29, 1.82) is 0 Å². The van der Waals surface area contributed by atoms with E-state index in [0.717, 1.165) is 28.3 Å². The predicted molar refractivity (Wildman–Crippen MR) is 116 cm³/mol. The van der Waals surface area contributed by atoms with Gasteiger partial charge in [-0.2, -0.15) is 22.8 Å². The zero-order chi connectivity index (χ0) is 24.8. The summed E-state index contributed by atoms with van der Waals surface area (Å²) >= 11 is 0. The highest BCUT2D eigenvalue weighted by Gasteiger charge is 2.44. The molecule has 1 aliphatic carbocycles. The maximum atomic E-state index is 13.0. The fourth-order valence-corrected chi connectivity index (χ4v) is 4.04. The van der Waals surface area contributed by atoms with Gasteiger partial charge in [0.25, 0.3) is 11.5 Å². The van der Waals surface area contributed by atoms with Gasteiger partial charge in [-0.3, -0.25) is 19.0 Å². The molecule has 1 saturated carbocycles. The van der Waals surface area contributed by atoms with E-state index in [2.05, 4.69) is 10.4 Å². The van der Waals surface area contributed by atoms with Gasteiger partial charge in [-0.05, 0) is 31.3 Å². The van der Waals surface area contributed by atoms with Gasteiger partial charge in [0.15, 0.2) is 5.56 Å². The number of nitrogens with one attached hydrogen (secondary N) is 1. The first kappa shape index (κ1) is 23.8. The number of carbonyl (C=O) groups excluding carboxylic acids is 2. The van der Waals surface area contributed by atoms with Crippen LogP contribution in [0.1, 0.15) is 49.0 Å². The van der Waals surface area contributed by atoms with E-state index in [1.807, 2.05) is 13.8 Å². The van der Waals surface area contributed by atoms with Gasteiger partial charge in [0.1, 0.15) is 5.65 Å². The average Bonchev–Trinajstić information content (AvgIpc) is 3.25. The Morgan fingerprint density at radius 3 is 2.59 bits per heavy atom. The first-order valence-electron chi connectivity index (χ1n) is 11.2. The van der Waals surface area contributed by atoms with Gasteiger partial charge in [-0.15, -0.1) is 0 Å². The number of hydrogen-bond donors (Lipinski definition) is 2. The fraction of sp³-hybridized carbons (Fsp3) is 0.545. The SMILES string of the molecule is CC(C)Cn1c(O)c(C(=O)NC2CC2)c(=O)n2ncc(/C=C/C(=O)N3CCC(C(F)(F)F)C3)c12. The third-order valence-corrected chi connectivity index (χ3v) is 5.97. The summed E-state index contributed by atoms with van der Waals surface area (Å²) in [6, 6.07) is -0.0230. The zero-order valence-electron chi connectivity index (χ0n) is 18.8. The van der Waals surface area contributed by atoms with Gasteiger partial charge >= 0.3 is 6.18 Å². The minimum Gasteiger partial charge on any atom is -0.494 e. The summed E-state index contributed by atoms with van der Waals surface area (Å²) < 4.78 is 41.1. The molecule has 2 fully saturated rings. The molecule has 1 saturated heterocycles. The highest BCUT2D eigenvalue weighted by molar-refractivity contribution is 5.97. The van der Waals surface area contributed by atoms with E-state index in [1.54, 1.807) is 0 Å². The number of rotatable bonds is 6. The quantitative estimate of drug-likeness (QED) is 0.615. The minimum absolute atomic E-state index is 0.000418. The van der Waals surface area contributed by atoms with Crippen LogP contribution in [0.4, 0.5) is 13.2 Å². The second kappa shape index (κ2) is 8.80. The van der Waals surface area contributed by atoms with Crippen molar-refractivity contribution in [1.82, 2.24) is 24.4 Å². The maximum Gasteiger partial charge on any atom is 0.393 e. The molecular formula is C22H26F3N5O4. The van der Waals surface area contributed by atoms with E-state index < -0.39 is 47.5 Å². The second-order valence-electron chi connectivity index (χ2n) is 9.24. The Bertz CT molecular complexity index is 1210. The lowest BCUT2D eigenvalue weighted by Crippen LogP contribution is -2.34. The number of carbonyl (C=O) groups is 2. The fourth-order valence-electron chi connectivity index (χ4n) is 4.04. The van der Waals surface area contributed by atoms with Crippen LogP contribution < -0.4 is 10.9 Å². The topological polar surface area (TPSA) is 109 Å². The Labute approximate surface area is 192 Å². The van der Waals surface area contributed by atoms with Gasteiger partial charge in [-0.1, -0.05) is 13.8 Å². The Kier molecular flexibility index (Phi) is 6.17. The predicted octanol–water partition coefficient (Wildman–Crippen LogP) is 2.17. The molecule has 12 heteroatoms. The van der Waals surface area contributed by atoms with E-state index in [-0.39, 0.29) is 37.1 Å². The normalized spacial score (nSPS) is 19.0. The zero-order valence-corrected chi connectivity index (χ0v) is 18.8. The number of aromatic hydroxyl groups is 1.